The van der Waals surface area contributed by atoms with E-state index in [9.17, 15) is 0 Å². The normalized spacial score (nSPS) is 10.7. The molecule has 0 aliphatic rings. The van der Waals surface area contributed by atoms with Crippen LogP contribution in [0.1, 0.15) is 11.1 Å². The van der Waals surface area contributed by atoms with E-state index in [0.717, 1.165) is 12.4 Å². The van der Waals surface area contributed by atoms with Crippen molar-refractivity contribution in [1.29, 1.82) is 0 Å². The molecule has 0 saturated heterocycles. The summed E-state index contributed by atoms with van der Waals surface area (Å²) in [5, 5.41) is 6.68. The van der Waals surface area contributed by atoms with Crippen molar-refractivity contribution < 1.29 is 0 Å². The van der Waals surface area contributed by atoms with Crippen LogP contribution in [0.5, 0.6) is 0 Å². The van der Waals surface area contributed by atoms with Gasteiger partial charge in [-0.05, 0) is 41.6 Å². The van der Waals surface area contributed by atoms with Crippen LogP contribution >= 0.6 is 11.3 Å². The number of fused-ring (bicyclic) bond motifs is 1. The molecule has 3 nitrogen and oxygen atoms in total. The van der Waals surface area contributed by atoms with Gasteiger partial charge in [0.05, 0.1) is 0 Å². The van der Waals surface area contributed by atoms with Crippen LogP contribution in [0, 0.1) is 6.92 Å². The van der Waals surface area contributed by atoms with Gasteiger partial charge in [0.15, 0.2) is 0 Å². The molecule has 3 aromatic rings. The monoisotopic (exact) mass is 255 g/mol. The molecule has 0 atom stereocenters. The lowest BCUT2D eigenvalue weighted by molar-refractivity contribution is 1.08. The molecule has 0 bridgehead atoms. The van der Waals surface area contributed by atoms with Crippen LogP contribution in [0.15, 0.2) is 42.2 Å². The van der Waals surface area contributed by atoms with Crippen LogP contribution in [-0.4, -0.2) is 9.97 Å². The second-order valence-electron chi connectivity index (χ2n) is 4.15. The van der Waals surface area contributed by atoms with E-state index in [1.807, 2.05) is 30.7 Å². The van der Waals surface area contributed by atoms with Crippen LogP contribution < -0.4 is 5.32 Å². The summed E-state index contributed by atoms with van der Waals surface area (Å²) in [5.41, 5.74) is 2.45. The standard InChI is InChI=1S/C14H13N3S/c1-10-8-15-5-2-11(10)9-17-14-12-4-7-18-13(12)3-6-16-14/h2-8H,9H2,1H3,(H,16,17). The lowest BCUT2D eigenvalue weighted by atomic mass is 10.1. The predicted octanol–water partition coefficient (Wildman–Crippen LogP) is 3.61. The molecule has 0 aliphatic heterocycles. The smallest absolute Gasteiger partial charge is 0.134 e. The number of aryl methyl sites for hydroxylation is 1. The van der Waals surface area contributed by atoms with Crippen molar-refractivity contribution in [2.75, 3.05) is 5.32 Å². The quantitative estimate of drug-likeness (QED) is 0.777. The number of nitrogens with zero attached hydrogens (tertiary/aromatic N) is 2. The third-order valence-corrected chi connectivity index (χ3v) is 3.84. The molecule has 90 valence electrons. The Labute approximate surface area is 110 Å². The van der Waals surface area contributed by atoms with Crippen molar-refractivity contribution in [2.24, 2.45) is 0 Å². The maximum absolute atomic E-state index is 4.40. The molecule has 0 spiro atoms. The minimum Gasteiger partial charge on any atom is -0.365 e. The minimum absolute atomic E-state index is 0.774. The highest BCUT2D eigenvalue weighted by Crippen LogP contribution is 2.26. The number of pyridine rings is 2. The third-order valence-electron chi connectivity index (χ3n) is 2.96. The van der Waals surface area contributed by atoms with Gasteiger partial charge in [-0.15, -0.1) is 11.3 Å². The zero-order chi connectivity index (χ0) is 12.4. The van der Waals surface area contributed by atoms with Gasteiger partial charge >= 0.3 is 0 Å². The Morgan fingerprint density at radius 2 is 2.17 bits per heavy atom. The molecule has 0 unspecified atom stereocenters. The maximum Gasteiger partial charge on any atom is 0.134 e. The van der Waals surface area contributed by atoms with Gasteiger partial charge in [0.2, 0.25) is 0 Å². The topological polar surface area (TPSA) is 37.8 Å². The van der Waals surface area contributed by atoms with E-state index in [0.29, 0.717) is 0 Å². The first-order chi connectivity index (χ1) is 8.84. The Bertz CT molecular complexity index is 675. The van der Waals surface area contributed by atoms with Crippen molar-refractivity contribution >= 4 is 27.2 Å². The highest BCUT2D eigenvalue weighted by Gasteiger charge is 2.03. The fourth-order valence-corrected chi connectivity index (χ4v) is 2.70. The van der Waals surface area contributed by atoms with Crippen LogP contribution in [-0.2, 0) is 6.54 Å². The van der Waals surface area contributed by atoms with Gasteiger partial charge in [0, 0.05) is 35.2 Å². The van der Waals surface area contributed by atoms with Gasteiger partial charge in [-0.2, -0.15) is 0 Å². The van der Waals surface area contributed by atoms with Gasteiger partial charge in [-0.25, -0.2) is 4.98 Å². The van der Waals surface area contributed by atoms with Crippen molar-refractivity contribution in [3.63, 3.8) is 0 Å². The average Bonchev–Trinajstić information content (AvgIpc) is 2.86. The van der Waals surface area contributed by atoms with Crippen molar-refractivity contribution in [1.82, 2.24) is 9.97 Å². The highest BCUT2D eigenvalue weighted by atomic mass is 32.1. The van der Waals surface area contributed by atoms with Crippen LogP contribution in [0.2, 0.25) is 0 Å². The minimum atomic E-state index is 0.774. The second kappa shape index (κ2) is 4.74. The van der Waals surface area contributed by atoms with E-state index < -0.39 is 0 Å². The van der Waals surface area contributed by atoms with Crippen molar-refractivity contribution in [2.45, 2.75) is 13.5 Å². The molecule has 18 heavy (non-hydrogen) atoms. The summed E-state index contributed by atoms with van der Waals surface area (Å²) in [6, 6.07) is 6.19. The van der Waals surface area contributed by atoms with E-state index in [1.165, 1.54) is 21.2 Å². The summed E-state index contributed by atoms with van der Waals surface area (Å²) in [6.45, 7) is 2.85. The predicted molar refractivity (Wildman–Crippen MR) is 75.9 cm³/mol. The van der Waals surface area contributed by atoms with Gasteiger partial charge in [0.25, 0.3) is 0 Å². The summed E-state index contributed by atoms with van der Waals surface area (Å²) < 4.78 is 1.26. The second-order valence-corrected chi connectivity index (χ2v) is 5.10. The fourth-order valence-electron chi connectivity index (χ4n) is 1.92. The number of thiophene rings is 1. The molecule has 1 N–H and O–H groups in total. The van der Waals surface area contributed by atoms with Gasteiger partial charge < -0.3 is 5.32 Å². The lowest BCUT2D eigenvalue weighted by Gasteiger charge is -2.08. The first-order valence-electron chi connectivity index (χ1n) is 5.80. The molecule has 4 heteroatoms. The summed E-state index contributed by atoms with van der Waals surface area (Å²) in [4.78, 5) is 8.50. The number of hydrogen-bond acceptors (Lipinski definition) is 4. The number of anilines is 1. The highest BCUT2D eigenvalue weighted by molar-refractivity contribution is 7.17. The summed E-state index contributed by atoms with van der Waals surface area (Å²) in [7, 11) is 0. The Balaban J connectivity index is 1.85. The molecule has 0 aromatic carbocycles. The molecule has 0 fully saturated rings. The Kier molecular flexibility index (Phi) is 2.94. The summed E-state index contributed by atoms with van der Waals surface area (Å²) in [5.74, 6) is 0.949. The Hall–Kier alpha value is -1.94. The van der Waals surface area contributed by atoms with Crippen LogP contribution in [0.25, 0.3) is 10.1 Å². The van der Waals surface area contributed by atoms with Crippen LogP contribution in [0.4, 0.5) is 5.82 Å². The van der Waals surface area contributed by atoms with Crippen molar-refractivity contribution in [3.8, 4) is 0 Å². The van der Waals surface area contributed by atoms with Gasteiger partial charge in [-0.3, -0.25) is 4.98 Å². The van der Waals surface area contributed by atoms with Crippen LogP contribution in [0.3, 0.4) is 0 Å². The molecule has 0 aliphatic carbocycles. The maximum atomic E-state index is 4.40. The lowest BCUT2D eigenvalue weighted by Crippen LogP contribution is -2.03. The van der Waals surface area contributed by atoms with E-state index >= 15 is 0 Å². The molecule has 0 saturated carbocycles. The van der Waals surface area contributed by atoms with Crippen molar-refractivity contribution in [3.05, 3.63) is 53.3 Å². The number of nitrogens with one attached hydrogen (secondary N) is 1. The average molecular weight is 255 g/mol. The zero-order valence-electron chi connectivity index (χ0n) is 10.1. The number of aromatic nitrogens is 2. The van der Waals surface area contributed by atoms with E-state index in [2.05, 4.69) is 33.7 Å². The molecule has 3 heterocycles. The fraction of sp³-hybridized carbons (Fsp3) is 0.143. The van der Waals surface area contributed by atoms with Gasteiger partial charge in [-0.1, -0.05) is 0 Å². The summed E-state index contributed by atoms with van der Waals surface area (Å²) >= 11 is 1.74. The summed E-state index contributed by atoms with van der Waals surface area (Å²) in [6.07, 6.45) is 5.55. The Morgan fingerprint density at radius 3 is 3.06 bits per heavy atom. The van der Waals surface area contributed by atoms with Gasteiger partial charge in [0.1, 0.15) is 5.82 Å². The SMILES string of the molecule is Cc1cnccc1CNc1nccc2sccc12. The van der Waals surface area contributed by atoms with E-state index in [-0.39, 0.29) is 0 Å². The largest absolute Gasteiger partial charge is 0.365 e. The first kappa shape index (κ1) is 11.2. The number of hydrogen-bond donors (Lipinski definition) is 1. The van der Waals surface area contributed by atoms with E-state index in [1.54, 1.807) is 11.3 Å². The number of rotatable bonds is 3. The zero-order valence-corrected chi connectivity index (χ0v) is 10.9. The molecule has 3 aromatic heterocycles. The molecular weight excluding hydrogens is 242 g/mol. The van der Waals surface area contributed by atoms with E-state index in [4.69, 9.17) is 0 Å². The molecule has 3 rings (SSSR count). The Morgan fingerprint density at radius 1 is 1.22 bits per heavy atom. The molecular formula is C14H13N3S. The molecule has 0 amide bonds. The molecule has 0 radical (unpaired) electrons. The third kappa shape index (κ3) is 2.07. The first-order valence-corrected chi connectivity index (χ1v) is 6.68.